The van der Waals surface area contributed by atoms with Crippen LogP contribution in [0.3, 0.4) is 0 Å². The number of carbonyl (C=O) groups is 1. The van der Waals surface area contributed by atoms with E-state index in [2.05, 4.69) is 26.5 Å². The van der Waals surface area contributed by atoms with Gasteiger partial charge in [0, 0.05) is 30.4 Å². The summed E-state index contributed by atoms with van der Waals surface area (Å²) in [6, 6.07) is 7.59. The lowest BCUT2D eigenvalue weighted by atomic mass is 10.1. The van der Waals surface area contributed by atoms with Crippen LogP contribution in [-0.2, 0) is 0 Å². The summed E-state index contributed by atoms with van der Waals surface area (Å²) in [5.74, 6) is -0.253. The number of nitrogens with zero attached hydrogens (tertiary/aromatic N) is 3. The van der Waals surface area contributed by atoms with Gasteiger partial charge in [-0.3, -0.25) is 9.78 Å². The average molecular weight is 314 g/mol. The summed E-state index contributed by atoms with van der Waals surface area (Å²) >= 11 is 1.70. The number of aromatic nitrogens is 1. The van der Waals surface area contributed by atoms with Gasteiger partial charge in [0.05, 0.1) is 16.8 Å². The summed E-state index contributed by atoms with van der Waals surface area (Å²) in [4.78, 5) is 19.2. The molecule has 0 aromatic carbocycles. The molecule has 2 aromatic heterocycles. The smallest absolute Gasteiger partial charge is 0.272 e. The second-order valence-electron chi connectivity index (χ2n) is 5.16. The second-order valence-corrected chi connectivity index (χ2v) is 6.26. The van der Waals surface area contributed by atoms with Crippen molar-refractivity contribution in [2.24, 2.45) is 5.10 Å². The molecule has 114 valence electrons. The summed E-state index contributed by atoms with van der Waals surface area (Å²) in [7, 11) is 0. The zero-order valence-corrected chi connectivity index (χ0v) is 13.1. The number of amides is 1. The quantitative estimate of drug-likeness (QED) is 0.697. The van der Waals surface area contributed by atoms with Crippen LogP contribution < -0.4 is 10.3 Å². The number of anilines is 1. The van der Waals surface area contributed by atoms with Crippen molar-refractivity contribution in [1.29, 1.82) is 0 Å². The average Bonchev–Trinajstić information content (AvgIpc) is 3.05. The highest BCUT2D eigenvalue weighted by Crippen LogP contribution is 2.27. The van der Waals surface area contributed by atoms with Crippen molar-refractivity contribution >= 4 is 28.5 Å². The van der Waals surface area contributed by atoms with Gasteiger partial charge >= 0.3 is 0 Å². The van der Waals surface area contributed by atoms with Gasteiger partial charge in [-0.15, -0.1) is 11.3 Å². The van der Waals surface area contributed by atoms with E-state index in [1.807, 2.05) is 6.07 Å². The predicted octanol–water partition coefficient (Wildman–Crippen LogP) is 2.90. The summed E-state index contributed by atoms with van der Waals surface area (Å²) < 4.78 is 0. The lowest BCUT2D eigenvalue weighted by molar-refractivity contribution is 0.0955. The Labute approximate surface area is 133 Å². The van der Waals surface area contributed by atoms with Gasteiger partial charge in [0.15, 0.2) is 0 Å². The Morgan fingerprint density at radius 3 is 2.91 bits per heavy atom. The number of carbonyl (C=O) groups excluding carboxylic acids is 1. The van der Waals surface area contributed by atoms with E-state index in [1.165, 1.54) is 30.5 Å². The van der Waals surface area contributed by atoms with Crippen molar-refractivity contribution < 1.29 is 4.79 Å². The Bertz CT molecular complexity index is 647. The maximum Gasteiger partial charge on any atom is 0.272 e. The number of hydrogen-bond donors (Lipinski definition) is 1. The Balaban J connectivity index is 1.57. The molecule has 3 heterocycles. The van der Waals surface area contributed by atoms with Gasteiger partial charge < -0.3 is 4.90 Å². The lowest BCUT2D eigenvalue weighted by Gasteiger charge is -2.27. The van der Waals surface area contributed by atoms with Gasteiger partial charge in [-0.05, 0) is 43.5 Å². The van der Waals surface area contributed by atoms with Crippen molar-refractivity contribution in [3.8, 4) is 0 Å². The molecule has 5 nitrogen and oxygen atoms in total. The lowest BCUT2D eigenvalue weighted by Crippen LogP contribution is -2.28. The molecule has 0 aliphatic carbocycles. The molecule has 0 atom stereocenters. The van der Waals surface area contributed by atoms with Gasteiger partial charge in [0.25, 0.3) is 5.91 Å². The fourth-order valence-electron chi connectivity index (χ4n) is 2.41. The van der Waals surface area contributed by atoms with Gasteiger partial charge in [-0.2, -0.15) is 5.10 Å². The summed E-state index contributed by atoms with van der Waals surface area (Å²) in [6.45, 7) is 2.27. The zero-order chi connectivity index (χ0) is 15.2. The molecule has 1 N–H and O–H groups in total. The highest BCUT2D eigenvalue weighted by molar-refractivity contribution is 7.17. The molecule has 0 bridgehead atoms. The number of pyridine rings is 1. The minimum Gasteiger partial charge on any atom is -0.363 e. The first-order valence-corrected chi connectivity index (χ1v) is 8.23. The van der Waals surface area contributed by atoms with E-state index in [0.29, 0.717) is 5.56 Å². The van der Waals surface area contributed by atoms with Crippen LogP contribution >= 0.6 is 11.3 Å². The van der Waals surface area contributed by atoms with Crippen molar-refractivity contribution in [2.45, 2.75) is 19.3 Å². The van der Waals surface area contributed by atoms with Gasteiger partial charge in [-0.25, -0.2) is 5.43 Å². The first-order valence-electron chi connectivity index (χ1n) is 7.41. The van der Waals surface area contributed by atoms with Crippen LogP contribution in [0.5, 0.6) is 0 Å². The molecule has 1 aliphatic rings. The molecule has 2 aromatic rings. The van der Waals surface area contributed by atoms with E-state index in [-0.39, 0.29) is 5.91 Å². The third-order valence-electron chi connectivity index (χ3n) is 3.56. The molecule has 1 fully saturated rings. The Hall–Kier alpha value is -2.21. The van der Waals surface area contributed by atoms with Crippen LogP contribution in [0.25, 0.3) is 0 Å². The fraction of sp³-hybridized carbons (Fsp3) is 0.312. The van der Waals surface area contributed by atoms with Crippen molar-refractivity contribution in [3.05, 3.63) is 47.1 Å². The van der Waals surface area contributed by atoms with E-state index in [1.54, 1.807) is 35.9 Å². The highest BCUT2D eigenvalue weighted by Gasteiger charge is 2.12. The van der Waals surface area contributed by atoms with E-state index in [0.717, 1.165) is 18.0 Å². The number of rotatable bonds is 4. The largest absolute Gasteiger partial charge is 0.363 e. The van der Waals surface area contributed by atoms with Crippen molar-refractivity contribution in [2.75, 3.05) is 18.0 Å². The van der Waals surface area contributed by atoms with Crippen LogP contribution in [-0.4, -0.2) is 30.2 Å². The van der Waals surface area contributed by atoms with Gasteiger partial charge in [-0.1, -0.05) is 0 Å². The molecule has 6 heteroatoms. The number of nitrogens with one attached hydrogen (secondary N) is 1. The minimum atomic E-state index is -0.253. The van der Waals surface area contributed by atoms with E-state index >= 15 is 0 Å². The number of piperidine rings is 1. The van der Waals surface area contributed by atoms with Gasteiger partial charge in [0.2, 0.25) is 0 Å². The molecule has 0 radical (unpaired) electrons. The topological polar surface area (TPSA) is 57.6 Å². The number of hydrazone groups is 1. The second kappa shape index (κ2) is 7.17. The SMILES string of the molecule is O=C(N/N=C/c1ccc(N2CCCCC2)s1)c1cccnc1. The molecule has 1 aliphatic heterocycles. The maximum absolute atomic E-state index is 11.8. The van der Waals surface area contributed by atoms with E-state index in [4.69, 9.17) is 0 Å². The summed E-state index contributed by atoms with van der Waals surface area (Å²) in [5.41, 5.74) is 3.02. The minimum absolute atomic E-state index is 0.253. The van der Waals surface area contributed by atoms with Gasteiger partial charge in [0.1, 0.15) is 0 Å². The fourth-order valence-corrected chi connectivity index (χ4v) is 3.34. The molecule has 1 amide bonds. The Morgan fingerprint density at radius 2 is 2.14 bits per heavy atom. The molecule has 0 unspecified atom stereocenters. The zero-order valence-electron chi connectivity index (χ0n) is 12.2. The van der Waals surface area contributed by atoms with Crippen LogP contribution in [0, 0.1) is 0 Å². The Morgan fingerprint density at radius 1 is 1.27 bits per heavy atom. The summed E-state index contributed by atoms with van der Waals surface area (Å²) in [5, 5.41) is 5.29. The Kier molecular flexibility index (Phi) is 4.80. The first kappa shape index (κ1) is 14.7. The first-order chi connectivity index (χ1) is 10.8. The number of thiophene rings is 1. The highest BCUT2D eigenvalue weighted by atomic mass is 32.1. The van der Waals surface area contributed by atoms with Crippen LogP contribution in [0.1, 0.15) is 34.5 Å². The molecule has 0 spiro atoms. The number of hydrogen-bond acceptors (Lipinski definition) is 5. The van der Waals surface area contributed by atoms with E-state index < -0.39 is 0 Å². The van der Waals surface area contributed by atoms with Crippen LogP contribution in [0.2, 0.25) is 0 Å². The monoisotopic (exact) mass is 314 g/mol. The molecule has 22 heavy (non-hydrogen) atoms. The molecular formula is C16H18N4OS. The molecule has 1 saturated heterocycles. The normalized spacial score (nSPS) is 15.2. The third kappa shape index (κ3) is 3.71. The van der Waals surface area contributed by atoms with Crippen molar-refractivity contribution in [1.82, 2.24) is 10.4 Å². The van der Waals surface area contributed by atoms with E-state index in [9.17, 15) is 4.79 Å². The molecular weight excluding hydrogens is 296 g/mol. The summed E-state index contributed by atoms with van der Waals surface area (Å²) in [6.07, 6.45) is 8.70. The molecule has 0 saturated carbocycles. The standard InChI is InChI=1S/C16H18N4OS/c21-16(13-5-4-8-17-11-13)19-18-12-14-6-7-15(22-14)20-9-2-1-3-10-20/h4-8,11-12H,1-3,9-10H2,(H,19,21)/b18-12+. The predicted molar refractivity (Wildman–Crippen MR) is 89.7 cm³/mol. The third-order valence-corrected chi connectivity index (χ3v) is 4.64. The van der Waals surface area contributed by atoms with Crippen LogP contribution in [0.15, 0.2) is 41.8 Å². The maximum atomic E-state index is 11.8. The molecule has 3 rings (SSSR count). The van der Waals surface area contributed by atoms with Crippen molar-refractivity contribution in [3.63, 3.8) is 0 Å². The van der Waals surface area contributed by atoms with Crippen LogP contribution in [0.4, 0.5) is 5.00 Å².